The summed E-state index contributed by atoms with van der Waals surface area (Å²) in [6.45, 7) is 13.4. The molecule has 4 atom stereocenters. The molecule has 4 aliphatic rings. The Morgan fingerprint density at radius 1 is 1.11 bits per heavy atom. The lowest BCUT2D eigenvalue weighted by atomic mass is 9.92. The molecule has 0 N–H and O–H groups in total. The number of anilines is 1. The highest BCUT2D eigenvalue weighted by atomic mass is 19.1. The molecule has 4 saturated heterocycles. The number of alkyl halides is 1. The molecule has 292 valence electrons. The molecule has 5 heterocycles. The molecule has 4 fully saturated rings. The Bertz CT molecular complexity index is 2180. The van der Waals surface area contributed by atoms with Gasteiger partial charge in [-0.05, 0) is 100 Å². The first-order valence-corrected chi connectivity index (χ1v) is 19.0. The van der Waals surface area contributed by atoms with Gasteiger partial charge in [0.05, 0.1) is 22.7 Å². The van der Waals surface area contributed by atoms with E-state index in [9.17, 15) is 9.18 Å². The first-order chi connectivity index (χ1) is 26.2. The van der Waals surface area contributed by atoms with Gasteiger partial charge in [0.2, 0.25) is 0 Å². The third-order valence-electron chi connectivity index (χ3n) is 11.7. The summed E-state index contributed by atoms with van der Waals surface area (Å²) in [6, 6.07) is 9.88. The number of nitrogens with zero attached hydrogens (tertiary/aromatic N) is 5. The van der Waals surface area contributed by atoms with E-state index in [1.54, 1.807) is 18.2 Å². The molecular weight excluding hydrogens is 711 g/mol. The first kappa shape index (κ1) is 37.3. The number of carbonyl (C=O) groups is 1. The maximum atomic E-state index is 17.4. The van der Waals surface area contributed by atoms with E-state index in [1.165, 1.54) is 13.2 Å². The van der Waals surface area contributed by atoms with Crippen molar-refractivity contribution in [3.8, 4) is 22.9 Å². The molecule has 1 amide bonds. The van der Waals surface area contributed by atoms with Crippen LogP contribution in [0.5, 0.6) is 11.8 Å². The van der Waals surface area contributed by atoms with E-state index in [0.29, 0.717) is 54.0 Å². The lowest BCUT2D eigenvalue weighted by molar-refractivity contribution is -0.00281. The Kier molecular flexibility index (Phi) is 9.39. The molecule has 3 aromatic carbocycles. The number of fused-ring (bicyclic) bond motifs is 5. The molecule has 4 aliphatic heterocycles. The molecule has 0 saturated carbocycles. The van der Waals surface area contributed by atoms with E-state index < -0.39 is 34.5 Å². The van der Waals surface area contributed by atoms with Gasteiger partial charge in [-0.3, -0.25) is 9.80 Å². The highest BCUT2D eigenvalue weighted by molar-refractivity contribution is 6.05. The van der Waals surface area contributed by atoms with Crippen LogP contribution in [0, 0.1) is 11.6 Å². The first-order valence-electron chi connectivity index (χ1n) is 19.0. The van der Waals surface area contributed by atoms with E-state index in [4.69, 9.17) is 23.9 Å². The van der Waals surface area contributed by atoms with Gasteiger partial charge in [-0.15, -0.1) is 0 Å². The predicted molar refractivity (Wildman–Crippen MR) is 205 cm³/mol. The number of benzene rings is 3. The minimum atomic E-state index is -0.962. The number of hydrogen-bond acceptors (Lipinski definition) is 9. The van der Waals surface area contributed by atoms with Gasteiger partial charge in [-0.2, -0.15) is 9.97 Å². The molecule has 4 aromatic rings. The molecule has 8 rings (SSSR count). The molecule has 0 unspecified atom stereocenters. The number of aromatic nitrogens is 2. The number of rotatable bonds is 9. The van der Waals surface area contributed by atoms with Crippen LogP contribution in [0.2, 0.25) is 0 Å². The van der Waals surface area contributed by atoms with Crippen molar-refractivity contribution in [2.45, 2.75) is 88.7 Å². The lowest BCUT2D eigenvalue weighted by Crippen LogP contribution is -2.63. The van der Waals surface area contributed by atoms with Crippen molar-refractivity contribution >= 4 is 39.7 Å². The summed E-state index contributed by atoms with van der Waals surface area (Å²) >= 11 is 0. The number of carbonyl (C=O) groups excluding carboxylic acids is 1. The van der Waals surface area contributed by atoms with Crippen LogP contribution in [0.1, 0.15) is 65.4 Å². The molecule has 2 bridgehead atoms. The van der Waals surface area contributed by atoms with Crippen LogP contribution in [0.15, 0.2) is 43.0 Å². The van der Waals surface area contributed by atoms with E-state index >= 15 is 8.78 Å². The van der Waals surface area contributed by atoms with E-state index in [2.05, 4.69) is 16.5 Å². The largest absolute Gasteiger partial charge is 0.468 e. The van der Waals surface area contributed by atoms with Gasteiger partial charge in [0.1, 0.15) is 41.3 Å². The molecule has 0 aliphatic carbocycles. The number of methoxy groups -OCH3 is 1. The molecule has 10 nitrogen and oxygen atoms in total. The van der Waals surface area contributed by atoms with Gasteiger partial charge < -0.3 is 23.8 Å². The van der Waals surface area contributed by atoms with Gasteiger partial charge in [0.25, 0.3) is 0 Å². The van der Waals surface area contributed by atoms with Crippen molar-refractivity contribution < 1.29 is 36.9 Å². The van der Waals surface area contributed by atoms with E-state index in [1.807, 2.05) is 55.7 Å². The maximum Gasteiger partial charge on any atom is 0.411 e. The SMILES string of the molecule is C=Cc1cccc2cc(OCOC)cc(-c3c(F)cc4c(N5C[C@H]6CC[C@@](C)(C5)N6C(=O)OC(C)(C)C)nc(OC[C@@]56CCCN5C[C@H](F)C6)nc4c3F)c12. The van der Waals surface area contributed by atoms with Crippen molar-refractivity contribution in [1.29, 1.82) is 0 Å². The smallest absolute Gasteiger partial charge is 0.411 e. The molecule has 13 heteroatoms. The highest BCUT2D eigenvalue weighted by Crippen LogP contribution is 2.46. The second kappa shape index (κ2) is 13.8. The fourth-order valence-corrected chi connectivity index (χ4v) is 9.44. The molecule has 1 aromatic heterocycles. The molecule has 0 spiro atoms. The topological polar surface area (TPSA) is 89.5 Å². The lowest BCUT2D eigenvalue weighted by Gasteiger charge is -2.47. The number of piperazine rings is 1. The maximum absolute atomic E-state index is 17.4. The van der Waals surface area contributed by atoms with Crippen molar-refractivity contribution in [3.63, 3.8) is 0 Å². The summed E-state index contributed by atoms with van der Waals surface area (Å²) in [5.41, 5.74) is -1.27. The van der Waals surface area contributed by atoms with Crippen LogP contribution in [0.25, 0.3) is 38.9 Å². The Hall–Kier alpha value is -4.62. The fraction of sp³-hybridized carbons (Fsp3) is 0.500. The number of ether oxygens (including phenoxy) is 4. The Labute approximate surface area is 319 Å². The third kappa shape index (κ3) is 6.62. The summed E-state index contributed by atoms with van der Waals surface area (Å²) < 4.78 is 72.0. The highest BCUT2D eigenvalue weighted by Gasteiger charge is 2.53. The van der Waals surface area contributed by atoms with Crippen LogP contribution >= 0.6 is 0 Å². The zero-order chi connectivity index (χ0) is 38.9. The van der Waals surface area contributed by atoms with Gasteiger partial charge in [-0.1, -0.05) is 30.9 Å². The number of halogens is 3. The Balaban J connectivity index is 1.27. The molecule has 55 heavy (non-hydrogen) atoms. The summed E-state index contributed by atoms with van der Waals surface area (Å²) in [5, 5.41) is 1.46. The molecular formula is C42H48F3N5O5. The number of hydrogen-bond donors (Lipinski definition) is 0. The van der Waals surface area contributed by atoms with Crippen LogP contribution in [-0.4, -0.2) is 101 Å². The monoisotopic (exact) mass is 759 g/mol. The van der Waals surface area contributed by atoms with Crippen LogP contribution in [0.3, 0.4) is 0 Å². The average Bonchev–Trinajstić information content (AvgIpc) is 3.73. The quantitative estimate of drug-likeness (QED) is 0.157. The zero-order valence-corrected chi connectivity index (χ0v) is 32.1. The van der Waals surface area contributed by atoms with Crippen molar-refractivity contribution in [2.24, 2.45) is 0 Å². The summed E-state index contributed by atoms with van der Waals surface area (Å²) in [6.07, 6.45) is 3.77. The van der Waals surface area contributed by atoms with Gasteiger partial charge >= 0.3 is 12.1 Å². The van der Waals surface area contributed by atoms with E-state index in [-0.39, 0.29) is 53.6 Å². The van der Waals surface area contributed by atoms with E-state index in [0.717, 1.165) is 32.2 Å². The number of amides is 1. The van der Waals surface area contributed by atoms with Gasteiger partial charge in [0.15, 0.2) is 12.6 Å². The fourth-order valence-electron chi connectivity index (χ4n) is 9.44. The summed E-state index contributed by atoms with van der Waals surface area (Å²) in [7, 11) is 1.49. The Morgan fingerprint density at radius 3 is 2.67 bits per heavy atom. The third-order valence-corrected chi connectivity index (χ3v) is 11.7. The Morgan fingerprint density at radius 2 is 1.93 bits per heavy atom. The van der Waals surface area contributed by atoms with Crippen molar-refractivity contribution in [1.82, 2.24) is 19.8 Å². The second-order valence-corrected chi connectivity index (χ2v) is 16.7. The minimum absolute atomic E-state index is 0.0603. The van der Waals surface area contributed by atoms with Crippen molar-refractivity contribution in [2.75, 3.05) is 51.6 Å². The average molecular weight is 760 g/mol. The van der Waals surface area contributed by atoms with Crippen molar-refractivity contribution in [3.05, 3.63) is 60.2 Å². The van der Waals surface area contributed by atoms with Crippen LogP contribution < -0.4 is 14.4 Å². The zero-order valence-electron chi connectivity index (χ0n) is 32.1. The van der Waals surface area contributed by atoms with Crippen LogP contribution in [0.4, 0.5) is 23.8 Å². The van der Waals surface area contributed by atoms with Crippen LogP contribution in [-0.2, 0) is 9.47 Å². The van der Waals surface area contributed by atoms with Gasteiger partial charge in [0, 0.05) is 38.6 Å². The predicted octanol–water partition coefficient (Wildman–Crippen LogP) is 8.29. The minimum Gasteiger partial charge on any atom is -0.468 e. The normalized spacial score (nSPS) is 25.2. The second-order valence-electron chi connectivity index (χ2n) is 16.7. The van der Waals surface area contributed by atoms with Gasteiger partial charge in [-0.25, -0.2) is 18.0 Å². The molecule has 0 radical (unpaired) electrons. The standard InChI is InChI=1S/C42H48F3N5O5/c1-7-25-10-8-11-26-16-29(54-24-52-6)17-30(33(25)26)34-32(44)18-31-36(35(34)45)46-38(53-23-42-13-9-15-49(42)20-27(43)19-42)47-37(31)48-21-28-12-14-41(5,22-48)50(28)39(51)55-40(2,3)4/h7-8,10-11,16-18,27-28H,1,9,12-15,19-24H2,2-6H3/t27-,28-,41+,42+/m1/s1. The summed E-state index contributed by atoms with van der Waals surface area (Å²) in [4.78, 5) is 28.9. The summed E-state index contributed by atoms with van der Waals surface area (Å²) in [5.74, 6) is -1.03.